The quantitative estimate of drug-likeness (QED) is 0.704. The fourth-order valence-electron chi connectivity index (χ4n) is 1.28. The van der Waals surface area contributed by atoms with Gasteiger partial charge in [0.1, 0.15) is 5.82 Å². The molecule has 2 rings (SSSR count). The van der Waals surface area contributed by atoms with Crippen molar-refractivity contribution in [2.75, 3.05) is 0 Å². The smallest absolute Gasteiger partial charge is 0.123 e. The van der Waals surface area contributed by atoms with Gasteiger partial charge in [0.15, 0.2) is 0 Å². The minimum absolute atomic E-state index is 0.230. The molecule has 0 nitrogen and oxygen atoms in total. The molecule has 0 amide bonds. The molecule has 0 aliphatic rings. The molecule has 1 unspecified atom stereocenters. The number of benzene rings is 2. The van der Waals surface area contributed by atoms with Crippen LogP contribution in [0.4, 0.5) is 4.39 Å². The number of hydrogen-bond acceptors (Lipinski definition) is 0. The fraction of sp³-hybridized carbons (Fsp3) is 0. The summed E-state index contributed by atoms with van der Waals surface area (Å²) in [7, 11) is -0.878. The molecule has 0 aliphatic heterocycles. The predicted molar refractivity (Wildman–Crippen MR) is 64.9 cm³/mol. The van der Waals surface area contributed by atoms with Crippen molar-refractivity contribution in [2.45, 2.75) is 0 Å². The van der Waals surface area contributed by atoms with Crippen LogP contribution in [0.3, 0.4) is 0 Å². The Hall–Kier alpha value is -0.910. The van der Waals surface area contributed by atoms with E-state index in [1.165, 1.54) is 12.1 Å². The third kappa shape index (κ3) is 2.56. The van der Waals surface area contributed by atoms with Gasteiger partial charge in [-0.15, -0.1) is 0 Å². The third-order valence-corrected chi connectivity index (χ3v) is 4.71. The standard InChI is InChI=1S/C12H9ClFP/c13-15(11-4-2-1-3-5-11)12-8-6-10(14)7-9-12/h1-9H. The molecule has 2 aromatic rings. The lowest BCUT2D eigenvalue weighted by molar-refractivity contribution is 0.628. The minimum Gasteiger partial charge on any atom is -0.207 e. The van der Waals surface area contributed by atoms with Gasteiger partial charge in [0.05, 0.1) is 7.27 Å². The lowest BCUT2D eigenvalue weighted by atomic mass is 10.3. The summed E-state index contributed by atoms with van der Waals surface area (Å²) in [5.41, 5.74) is 0. The van der Waals surface area contributed by atoms with E-state index in [-0.39, 0.29) is 5.82 Å². The summed E-state index contributed by atoms with van der Waals surface area (Å²) in [6, 6.07) is 16.2. The summed E-state index contributed by atoms with van der Waals surface area (Å²) in [6.07, 6.45) is 0. The maximum atomic E-state index is 12.7. The largest absolute Gasteiger partial charge is 0.207 e. The van der Waals surface area contributed by atoms with Crippen LogP contribution in [0.1, 0.15) is 0 Å². The zero-order valence-electron chi connectivity index (χ0n) is 7.90. The van der Waals surface area contributed by atoms with Gasteiger partial charge in [-0.2, -0.15) is 0 Å². The van der Waals surface area contributed by atoms with Crippen molar-refractivity contribution in [1.29, 1.82) is 0 Å². The van der Waals surface area contributed by atoms with E-state index in [4.69, 9.17) is 11.2 Å². The molecule has 0 heterocycles. The predicted octanol–water partition coefficient (Wildman–Crippen LogP) is 3.41. The Morgan fingerprint density at radius 2 is 1.33 bits per heavy atom. The Kier molecular flexibility index (Phi) is 3.35. The van der Waals surface area contributed by atoms with Gasteiger partial charge in [-0.1, -0.05) is 53.7 Å². The van der Waals surface area contributed by atoms with Crippen molar-refractivity contribution < 1.29 is 4.39 Å². The van der Waals surface area contributed by atoms with Crippen LogP contribution in [0.15, 0.2) is 54.6 Å². The zero-order valence-corrected chi connectivity index (χ0v) is 9.55. The molecule has 0 fully saturated rings. The zero-order chi connectivity index (χ0) is 10.7. The second-order valence-corrected chi connectivity index (χ2v) is 5.70. The number of rotatable bonds is 2. The average Bonchev–Trinajstić information content (AvgIpc) is 2.30. The molecule has 2 aromatic carbocycles. The van der Waals surface area contributed by atoms with Crippen LogP contribution in [-0.4, -0.2) is 0 Å². The maximum absolute atomic E-state index is 12.7. The molecule has 15 heavy (non-hydrogen) atoms. The molecule has 0 radical (unpaired) electrons. The molecule has 0 bridgehead atoms. The van der Waals surface area contributed by atoms with E-state index in [9.17, 15) is 4.39 Å². The molecular formula is C12H9ClFP. The summed E-state index contributed by atoms with van der Waals surface area (Å²) >= 11 is 6.33. The van der Waals surface area contributed by atoms with E-state index in [1.807, 2.05) is 30.3 Å². The normalized spacial score (nSPS) is 12.4. The third-order valence-electron chi connectivity index (χ3n) is 2.04. The second kappa shape index (κ2) is 4.74. The van der Waals surface area contributed by atoms with Gasteiger partial charge in [-0.05, 0) is 22.7 Å². The lowest BCUT2D eigenvalue weighted by Crippen LogP contribution is -2.07. The molecular weight excluding hydrogens is 230 g/mol. The molecule has 0 saturated heterocycles. The summed E-state index contributed by atoms with van der Waals surface area (Å²) in [4.78, 5) is 0. The first-order valence-corrected chi connectivity index (χ1v) is 6.78. The van der Waals surface area contributed by atoms with Crippen molar-refractivity contribution in [3.05, 3.63) is 60.4 Å². The summed E-state index contributed by atoms with van der Waals surface area (Å²) < 4.78 is 12.7. The molecule has 0 aliphatic carbocycles. The molecule has 3 heteroatoms. The molecule has 1 atom stereocenters. The van der Waals surface area contributed by atoms with Gasteiger partial charge in [-0.3, -0.25) is 0 Å². The molecule has 0 aromatic heterocycles. The van der Waals surface area contributed by atoms with Gasteiger partial charge in [0.25, 0.3) is 0 Å². The van der Waals surface area contributed by atoms with E-state index in [0.717, 1.165) is 10.6 Å². The molecule has 0 spiro atoms. The van der Waals surface area contributed by atoms with E-state index in [0.29, 0.717) is 0 Å². The van der Waals surface area contributed by atoms with Crippen LogP contribution in [0.2, 0.25) is 0 Å². The van der Waals surface area contributed by atoms with Crippen LogP contribution in [-0.2, 0) is 0 Å². The van der Waals surface area contributed by atoms with Gasteiger partial charge in [0, 0.05) is 0 Å². The highest BCUT2D eigenvalue weighted by atomic mass is 35.7. The average molecular weight is 239 g/mol. The highest BCUT2D eigenvalue weighted by molar-refractivity contribution is 7.95. The van der Waals surface area contributed by atoms with Crippen LogP contribution in [0, 0.1) is 5.82 Å². The monoisotopic (exact) mass is 238 g/mol. The molecule has 0 saturated carbocycles. The lowest BCUT2D eigenvalue weighted by Gasteiger charge is -2.09. The van der Waals surface area contributed by atoms with Crippen LogP contribution in [0.25, 0.3) is 0 Å². The number of hydrogen-bond donors (Lipinski definition) is 0. The first kappa shape index (κ1) is 10.6. The minimum atomic E-state index is -0.878. The Labute approximate surface area is 94.2 Å². The Bertz CT molecular complexity index is 427. The van der Waals surface area contributed by atoms with Gasteiger partial charge >= 0.3 is 0 Å². The highest BCUT2D eigenvalue weighted by Gasteiger charge is 2.09. The van der Waals surface area contributed by atoms with Gasteiger partial charge < -0.3 is 0 Å². The maximum Gasteiger partial charge on any atom is 0.123 e. The van der Waals surface area contributed by atoms with Crippen molar-refractivity contribution in [3.8, 4) is 0 Å². The Morgan fingerprint density at radius 3 is 1.93 bits per heavy atom. The second-order valence-electron chi connectivity index (χ2n) is 3.09. The molecule has 0 N–H and O–H groups in total. The SMILES string of the molecule is Fc1ccc(P(Cl)c2ccccc2)cc1. The van der Waals surface area contributed by atoms with Crippen molar-refractivity contribution in [1.82, 2.24) is 0 Å². The summed E-state index contributed by atoms with van der Waals surface area (Å²) in [6.45, 7) is 0. The molecule has 76 valence electrons. The van der Waals surface area contributed by atoms with E-state index in [2.05, 4.69) is 0 Å². The first-order chi connectivity index (χ1) is 7.27. The van der Waals surface area contributed by atoms with Crippen molar-refractivity contribution in [3.63, 3.8) is 0 Å². The fourth-order valence-corrected chi connectivity index (χ4v) is 3.10. The van der Waals surface area contributed by atoms with Crippen molar-refractivity contribution >= 4 is 29.1 Å². The summed E-state index contributed by atoms with van der Waals surface area (Å²) in [5, 5.41) is 2.06. The Morgan fingerprint density at radius 1 is 0.800 bits per heavy atom. The van der Waals surface area contributed by atoms with Crippen molar-refractivity contribution in [2.24, 2.45) is 0 Å². The van der Waals surface area contributed by atoms with E-state index < -0.39 is 7.27 Å². The van der Waals surface area contributed by atoms with Crippen LogP contribution < -0.4 is 10.6 Å². The van der Waals surface area contributed by atoms with Gasteiger partial charge in [-0.25, -0.2) is 4.39 Å². The van der Waals surface area contributed by atoms with E-state index in [1.54, 1.807) is 12.1 Å². The topological polar surface area (TPSA) is 0 Å². The van der Waals surface area contributed by atoms with E-state index >= 15 is 0 Å². The summed E-state index contributed by atoms with van der Waals surface area (Å²) in [5.74, 6) is -0.230. The first-order valence-electron chi connectivity index (χ1n) is 4.54. The Balaban J connectivity index is 2.29. The van der Waals surface area contributed by atoms with Gasteiger partial charge in [0.2, 0.25) is 0 Å². The highest BCUT2D eigenvalue weighted by Crippen LogP contribution is 2.38. The van der Waals surface area contributed by atoms with Crippen LogP contribution in [0.5, 0.6) is 0 Å². The number of halogens is 2. The van der Waals surface area contributed by atoms with Crippen LogP contribution >= 0.6 is 18.5 Å².